The van der Waals surface area contributed by atoms with Crippen LogP contribution in [0.4, 0.5) is 8.78 Å². The minimum absolute atomic E-state index is 0.105. The van der Waals surface area contributed by atoms with Crippen molar-refractivity contribution in [3.63, 3.8) is 0 Å². The molecule has 0 heterocycles. The van der Waals surface area contributed by atoms with Crippen molar-refractivity contribution in [3.8, 4) is 0 Å². The van der Waals surface area contributed by atoms with Crippen molar-refractivity contribution in [2.45, 2.75) is 26.2 Å². The highest BCUT2D eigenvalue weighted by Gasteiger charge is 2.21. The van der Waals surface area contributed by atoms with Crippen LogP contribution < -0.4 is 0 Å². The summed E-state index contributed by atoms with van der Waals surface area (Å²) in [5.41, 5.74) is 0.969. The minimum atomic E-state index is -2.73. The maximum atomic E-state index is 12.7. The second-order valence-electron chi connectivity index (χ2n) is 3.50. The zero-order valence-electron chi connectivity index (χ0n) is 8.18. The van der Waals surface area contributed by atoms with Crippen LogP contribution in [0.2, 0.25) is 0 Å². The van der Waals surface area contributed by atoms with Crippen molar-refractivity contribution in [3.05, 3.63) is 35.4 Å². The van der Waals surface area contributed by atoms with Gasteiger partial charge < -0.3 is 0 Å². The van der Waals surface area contributed by atoms with Gasteiger partial charge in [-0.1, -0.05) is 18.2 Å². The van der Waals surface area contributed by atoms with Crippen LogP contribution in [0, 0.1) is 0 Å². The van der Waals surface area contributed by atoms with Gasteiger partial charge in [-0.15, -0.1) is 0 Å². The lowest BCUT2D eigenvalue weighted by Gasteiger charge is -2.10. The fourth-order valence-corrected chi connectivity index (χ4v) is 1.26. The Morgan fingerprint density at radius 3 is 2.57 bits per heavy atom. The van der Waals surface area contributed by atoms with Gasteiger partial charge in [0.25, 0.3) is 0 Å². The Kier molecular flexibility index (Phi) is 2.99. The van der Waals surface area contributed by atoms with Crippen LogP contribution in [0.3, 0.4) is 0 Å². The summed E-state index contributed by atoms with van der Waals surface area (Å²) in [5, 5.41) is 0. The Balaban J connectivity index is 2.89. The van der Waals surface area contributed by atoms with Gasteiger partial charge in [0, 0.05) is 12.0 Å². The van der Waals surface area contributed by atoms with Crippen molar-refractivity contribution in [1.29, 1.82) is 0 Å². The average molecular weight is 198 g/mol. The van der Waals surface area contributed by atoms with Gasteiger partial charge in [0.1, 0.15) is 0 Å². The molecule has 1 aromatic carbocycles. The zero-order valence-corrected chi connectivity index (χ0v) is 8.18. The maximum Gasteiger partial charge on any atom is 0.249 e. The minimum Gasteiger partial charge on any atom is -0.295 e. The van der Waals surface area contributed by atoms with Gasteiger partial charge in [-0.05, 0) is 25.5 Å². The highest BCUT2D eigenvalue weighted by molar-refractivity contribution is 5.94. The number of carbonyl (C=O) groups excluding carboxylic acids is 1. The maximum absolute atomic E-state index is 12.7. The van der Waals surface area contributed by atoms with E-state index in [4.69, 9.17) is 0 Å². The summed E-state index contributed by atoms with van der Waals surface area (Å²) in [7, 11) is 0. The first-order chi connectivity index (χ1) is 6.38. The molecule has 0 radical (unpaired) electrons. The van der Waals surface area contributed by atoms with Crippen molar-refractivity contribution >= 4 is 5.78 Å². The van der Waals surface area contributed by atoms with Gasteiger partial charge in [-0.25, -0.2) is 8.78 Å². The normalized spacial score (nSPS) is 11.4. The van der Waals surface area contributed by atoms with E-state index >= 15 is 0 Å². The van der Waals surface area contributed by atoms with Gasteiger partial charge in [0.2, 0.25) is 5.92 Å². The molecule has 1 aromatic rings. The highest BCUT2D eigenvalue weighted by Crippen LogP contribution is 2.19. The van der Waals surface area contributed by atoms with E-state index in [1.165, 1.54) is 13.0 Å². The molecule has 0 aliphatic rings. The molecule has 0 unspecified atom stereocenters. The molecule has 1 nitrogen and oxygen atoms in total. The van der Waals surface area contributed by atoms with Gasteiger partial charge in [-0.2, -0.15) is 0 Å². The summed E-state index contributed by atoms with van der Waals surface area (Å²) in [6.45, 7) is 2.29. The smallest absolute Gasteiger partial charge is 0.249 e. The number of ketones is 1. The SMILES string of the molecule is CC(=O)c1cccc(CC(C)(F)F)c1. The molecule has 0 amide bonds. The van der Waals surface area contributed by atoms with E-state index in [9.17, 15) is 13.6 Å². The molecule has 0 aliphatic heterocycles. The Hall–Kier alpha value is -1.25. The molecule has 3 heteroatoms. The Bertz CT molecular complexity index is 339. The molecule has 0 spiro atoms. The highest BCUT2D eigenvalue weighted by atomic mass is 19.3. The van der Waals surface area contributed by atoms with Crippen LogP contribution in [0.1, 0.15) is 29.8 Å². The number of carbonyl (C=O) groups is 1. The molecule has 0 saturated heterocycles. The van der Waals surface area contributed by atoms with Crippen molar-refractivity contribution in [2.24, 2.45) is 0 Å². The molecule has 0 atom stereocenters. The summed E-state index contributed by atoms with van der Waals surface area (Å²) >= 11 is 0. The van der Waals surface area contributed by atoms with Crippen LogP contribution in [0.15, 0.2) is 24.3 Å². The Morgan fingerprint density at radius 1 is 1.43 bits per heavy atom. The summed E-state index contributed by atoms with van der Waals surface area (Å²) in [4.78, 5) is 11.0. The second-order valence-corrected chi connectivity index (χ2v) is 3.50. The largest absolute Gasteiger partial charge is 0.295 e. The Morgan fingerprint density at radius 2 is 2.07 bits per heavy atom. The van der Waals surface area contributed by atoms with Crippen molar-refractivity contribution < 1.29 is 13.6 Å². The molecule has 14 heavy (non-hydrogen) atoms. The molecular weight excluding hydrogens is 186 g/mol. The molecule has 0 fully saturated rings. The second kappa shape index (κ2) is 3.86. The molecule has 76 valence electrons. The topological polar surface area (TPSA) is 17.1 Å². The molecular formula is C11H12F2O. The monoisotopic (exact) mass is 198 g/mol. The van der Waals surface area contributed by atoms with Gasteiger partial charge >= 0.3 is 0 Å². The predicted molar refractivity (Wildman–Crippen MR) is 50.8 cm³/mol. The van der Waals surface area contributed by atoms with Gasteiger partial charge in [-0.3, -0.25) is 4.79 Å². The van der Waals surface area contributed by atoms with E-state index in [-0.39, 0.29) is 12.2 Å². The lowest BCUT2D eigenvalue weighted by atomic mass is 10.0. The van der Waals surface area contributed by atoms with E-state index < -0.39 is 5.92 Å². The number of hydrogen-bond acceptors (Lipinski definition) is 1. The molecule has 1 rings (SSSR count). The van der Waals surface area contributed by atoms with Gasteiger partial charge in [0.05, 0.1) is 0 Å². The van der Waals surface area contributed by atoms with Crippen molar-refractivity contribution in [1.82, 2.24) is 0 Å². The summed E-state index contributed by atoms with van der Waals surface area (Å²) in [5.74, 6) is -2.83. The van der Waals surface area contributed by atoms with Crippen molar-refractivity contribution in [2.75, 3.05) is 0 Å². The van der Waals surface area contributed by atoms with Crippen LogP contribution in [-0.2, 0) is 6.42 Å². The molecule has 0 N–H and O–H groups in total. The first-order valence-electron chi connectivity index (χ1n) is 4.36. The number of alkyl halides is 2. The predicted octanol–water partition coefficient (Wildman–Crippen LogP) is 3.09. The number of benzene rings is 1. The lowest BCUT2D eigenvalue weighted by Crippen LogP contribution is -2.13. The standard InChI is InChI=1S/C11H12F2O/c1-8(14)10-5-3-4-9(6-10)7-11(2,12)13/h3-6H,7H2,1-2H3. The van der Waals surface area contributed by atoms with E-state index in [0.29, 0.717) is 11.1 Å². The molecule has 0 saturated carbocycles. The number of halogens is 2. The number of rotatable bonds is 3. The fraction of sp³-hybridized carbons (Fsp3) is 0.364. The lowest BCUT2D eigenvalue weighted by molar-refractivity contribution is 0.0226. The van der Waals surface area contributed by atoms with E-state index in [1.54, 1.807) is 18.2 Å². The van der Waals surface area contributed by atoms with E-state index in [0.717, 1.165) is 6.92 Å². The zero-order chi connectivity index (χ0) is 10.8. The first kappa shape index (κ1) is 10.8. The third-order valence-electron chi connectivity index (χ3n) is 1.85. The summed E-state index contributed by atoms with van der Waals surface area (Å²) in [6, 6.07) is 6.36. The van der Waals surface area contributed by atoms with E-state index in [2.05, 4.69) is 0 Å². The fourth-order valence-electron chi connectivity index (χ4n) is 1.26. The molecule has 0 bridgehead atoms. The third-order valence-corrected chi connectivity index (χ3v) is 1.85. The molecule has 0 aromatic heterocycles. The van der Waals surface area contributed by atoms with Crippen LogP contribution >= 0.6 is 0 Å². The first-order valence-corrected chi connectivity index (χ1v) is 4.36. The number of Topliss-reactive ketones (excluding diaryl/α,β-unsaturated/α-hetero) is 1. The van der Waals surface area contributed by atoms with Crippen LogP contribution in [0.5, 0.6) is 0 Å². The average Bonchev–Trinajstić information content (AvgIpc) is 2.01. The number of hydrogen-bond donors (Lipinski definition) is 0. The van der Waals surface area contributed by atoms with Crippen LogP contribution in [0.25, 0.3) is 0 Å². The summed E-state index contributed by atoms with van der Waals surface area (Å²) in [6.07, 6.45) is -0.325. The quantitative estimate of drug-likeness (QED) is 0.682. The van der Waals surface area contributed by atoms with E-state index in [1.807, 2.05) is 0 Å². The van der Waals surface area contributed by atoms with Crippen LogP contribution in [-0.4, -0.2) is 11.7 Å². The summed E-state index contributed by atoms with van der Waals surface area (Å²) < 4.78 is 25.3. The Labute approximate surface area is 81.7 Å². The molecule has 0 aliphatic carbocycles. The third kappa shape index (κ3) is 3.24. The van der Waals surface area contributed by atoms with Gasteiger partial charge in [0.15, 0.2) is 5.78 Å².